The number of hydrogen-bond acceptors (Lipinski definition) is 9. The predicted molar refractivity (Wildman–Crippen MR) is 156 cm³/mol. The molecule has 3 heterocycles. The average molecular weight is 625 g/mol. The molecule has 44 heavy (non-hydrogen) atoms. The molecule has 1 aliphatic rings. The fourth-order valence-corrected chi connectivity index (χ4v) is 4.63. The molecule has 1 N–H and O–H groups in total. The summed E-state index contributed by atoms with van der Waals surface area (Å²) in [6.07, 6.45) is -5.08. The Balaban J connectivity index is 0.000000676. The largest absolute Gasteiger partial charge is 0.494 e. The number of Topliss-reactive ketones (excluding diaryl/α,β-unsaturated/α-hetero) is 1. The first-order chi connectivity index (χ1) is 20.5. The van der Waals surface area contributed by atoms with Gasteiger partial charge in [0.1, 0.15) is 12.3 Å². The van der Waals surface area contributed by atoms with Gasteiger partial charge >= 0.3 is 12.1 Å². The second-order valence-electron chi connectivity index (χ2n) is 11.1. The Kier molecular flexibility index (Phi) is 10.7. The third kappa shape index (κ3) is 7.49. The highest BCUT2D eigenvalue weighted by atomic mass is 19.4. The van der Waals surface area contributed by atoms with Crippen molar-refractivity contribution in [2.45, 2.75) is 59.7 Å². The average Bonchev–Trinajstić information content (AvgIpc) is 3.31. The van der Waals surface area contributed by atoms with Crippen LogP contribution < -0.4 is 20.0 Å². The van der Waals surface area contributed by atoms with Gasteiger partial charge in [0.15, 0.2) is 11.4 Å². The van der Waals surface area contributed by atoms with Gasteiger partial charge in [0.25, 0.3) is 0 Å². The van der Waals surface area contributed by atoms with E-state index in [2.05, 4.69) is 35.8 Å². The van der Waals surface area contributed by atoms with Crippen LogP contribution in [0, 0.1) is 13.8 Å². The number of carbonyl (C=O) groups excluding carboxylic acids is 1. The number of alkyl halides is 3. The second-order valence-corrected chi connectivity index (χ2v) is 11.1. The number of anilines is 1. The maximum atomic E-state index is 13.8. The highest BCUT2D eigenvalue weighted by Gasteiger charge is 2.38. The number of hydrogen-bond donors (Lipinski definition) is 1. The molecule has 242 valence electrons. The van der Waals surface area contributed by atoms with Gasteiger partial charge in [-0.05, 0) is 38.3 Å². The first kappa shape index (κ1) is 34.4. The van der Waals surface area contributed by atoms with Gasteiger partial charge in [-0.1, -0.05) is 20.8 Å². The number of fused-ring (bicyclic) bond motifs is 1. The van der Waals surface area contributed by atoms with Gasteiger partial charge in [-0.25, -0.2) is 9.48 Å². The predicted octanol–water partition coefficient (Wildman–Crippen LogP) is 3.74. The molecule has 15 heteroatoms. The van der Waals surface area contributed by atoms with Crippen molar-refractivity contribution in [3.63, 3.8) is 0 Å². The summed E-state index contributed by atoms with van der Waals surface area (Å²) >= 11 is 0. The Labute approximate surface area is 253 Å². The van der Waals surface area contributed by atoms with Crippen LogP contribution in [0.3, 0.4) is 0 Å². The number of methoxy groups -OCH3 is 1. The Morgan fingerprint density at radius 1 is 1.09 bits per heavy atom. The number of aromatic nitrogens is 4. The Morgan fingerprint density at radius 2 is 1.70 bits per heavy atom. The van der Waals surface area contributed by atoms with Gasteiger partial charge in [0, 0.05) is 42.4 Å². The zero-order valence-corrected chi connectivity index (χ0v) is 26.2. The smallest absolute Gasteiger partial charge is 0.490 e. The van der Waals surface area contributed by atoms with Crippen molar-refractivity contribution in [3.05, 3.63) is 40.0 Å². The molecule has 1 fully saturated rings. The van der Waals surface area contributed by atoms with Crippen LogP contribution in [0.25, 0.3) is 5.65 Å². The van der Waals surface area contributed by atoms with Crippen molar-refractivity contribution >= 4 is 23.1 Å². The van der Waals surface area contributed by atoms with Crippen molar-refractivity contribution in [2.24, 2.45) is 4.99 Å². The topological polar surface area (TPSA) is 133 Å². The number of aryl methyl sites for hydroxylation is 1. The fourth-order valence-electron chi connectivity index (χ4n) is 4.63. The van der Waals surface area contributed by atoms with Crippen LogP contribution in [0.15, 0.2) is 17.1 Å². The molecule has 12 nitrogen and oxygen atoms in total. The van der Waals surface area contributed by atoms with Crippen LogP contribution in [-0.4, -0.2) is 89.5 Å². The molecule has 1 aliphatic heterocycles. The van der Waals surface area contributed by atoms with E-state index in [-0.39, 0.29) is 17.7 Å². The first-order valence-corrected chi connectivity index (χ1v) is 14.0. The van der Waals surface area contributed by atoms with Crippen molar-refractivity contribution < 1.29 is 42.1 Å². The molecule has 2 aromatic heterocycles. The number of carbonyl (C=O) groups is 2. The lowest BCUT2D eigenvalue weighted by Crippen LogP contribution is -2.37. The quantitative estimate of drug-likeness (QED) is 0.391. The zero-order valence-electron chi connectivity index (χ0n) is 26.2. The molecule has 0 spiro atoms. The van der Waals surface area contributed by atoms with E-state index in [1.54, 1.807) is 23.4 Å². The molecular formula is C29H39F3N6O6. The fraction of sp³-hybridized carbons (Fsp3) is 0.552. The summed E-state index contributed by atoms with van der Waals surface area (Å²) in [7, 11) is 3.36. The van der Waals surface area contributed by atoms with E-state index < -0.39 is 12.1 Å². The normalized spacial score (nSPS) is 14.3. The molecule has 0 aliphatic carbocycles. The number of halogens is 3. The minimum atomic E-state index is -5.08. The molecule has 0 saturated carbocycles. The lowest BCUT2D eigenvalue weighted by Gasteiger charge is -2.33. The third-order valence-corrected chi connectivity index (χ3v) is 7.02. The van der Waals surface area contributed by atoms with Crippen LogP contribution in [0.5, 0.6) is 11.6 Å². The number of morpholine rings is 1. The van der Waals surface area contributed by atoms with Gasteiger partial charge in [-0.3, -0.25) is 9.79 Å². The second kappa shape index (κ2) is 13.7. The lowest BCUT2D eigenvalue weighted by atomic mass is 9.84. The number of carboxylic acid groups (broad SMARTS) is 1. The van der Waals surface area contributed by atoms with E-state index in [1.165, 1.54) is 0 Å². The van der Waals surface area contributed by atoms with Crippen molar-refractivity contribution in [2.75, 3.05) is 52.0 Å². The molecular weight excluding hydrogens is 585 g/mol. The number of carboxylic acids is 1. The highest BCUT2D eigenvalue weighted by molar-refractivity contribution is 5.98. The molecule has 3 aromatic rings. The van der Waals surface area contributed by atoms with E-state index in [0.717, 1.165) is 41.2 Å². The molecule has 4 rings (SSSR count). The summed E-state index contributed by atoms with van der Waals surface area (Å²) in [5, 5.41) is 16.5. The maximum Gasteiger partial charge on any atom is 0.490 e. The van der Waals surface area contributed by atoms with Gasteiger partial charge in [-0.15, -0.1) is 10.2 Å². The van der Waals surface area contributed by atoms with E-state index in [1.807, 2.05) is 32.9 Å². The lowest BCUT2D eigenvalue weighted by molar-refractivity contribution is -0.192. The molecule has 0 amide bonds. The Morgan fingerprint density at radius 3 is 2.20 bits per heavy atom. The van der Waals surface area contributed by atoms with Crippen LogP contribution in [0.2, 0.25) is 0 Å². The van der Waals surface area contributed by atoms with Crippen LogP contribution in [0.1, 0.15) is 54.7 Å². The van der Waals surface area contributed by atoms with E-state index in [4.69, 9.17) is 29.2 Å². The highest BCUT2D eigenvalue weighted by Crippen LogP contribution is 2.40. The number of ketones is 1. The summed E-state index contributed by atoms with van der Waals surface area (Å²) in [6.45, 7) is 15.5. The summed E-state index contributed by atoms with van der Waals surface area (Å²) in [6, 6.07) is 3.88. The zero-order chi connectivity index (χ0) is 33.0. The molecule has 0 bridgehead atoms. The standard InChI is InChI=1S/C27H38N6O4.C2HF3O2/c1-9-37-25-18(3)17(2)24-29-32(26(28-7)33(24)30-25)16-22(34)19-14-20(27(4,5)6)23(35-8)21(15-19)31-10-12-36-13-11-31;3-2(4,5)1(6)7/h14-15H,9-13,16H2,1-8H3;(H,6,7)/b28-26+;. The number of nitrogens with zero attached hydrogens (tertiary/aromatic N) is 6. The summed E-state index contributed by atoms with van der Waals surface area (Å²) in [4.78, 5) is 29.3. The number of benzene rings is 1. The van der Waals surface area contributed by atoms with Crippen LogP contribution in [-0.2, 0) is 21.5 Å². The van der Waals surface area contributed by atoms with E-state index >= 15 is 0 Å². The number of ether oxygens (including phenoxy) is 3. The van der Waals surface area contributed by atoms with Crippen LogP contribution >= 0.6 is 0 Å². The number of rotatable bonds is 7. The van der Waals surface area contributed by atoms with Crippen molar-refractivity contribution in [1.29, 1.82) is 0 Å². The molecule has 0 radical (unpaired) electrons. The van der Waals surface area contributed by atoms with Crippen LogP contribution in [0.4, 0.5) is 18.9 Å². The summed E-state index contributed by atoms with van der Waals surface area (Å²) in [5.41, 5.74) is 5.25. The van der Waals surface area contributed by atoms with Gasteiger partial charge in [0.2, 0.25) is 11.5 Å². The van der Waals surface area contributed by atoms with Gasteiger partial charge < -0.3 is 24.2 Å². The summed E-state index contributed by atoms with van der Waals surface area (Å²) < 4.78 is 52.2. The summed E-state index contributed by atoms with van der Waals surface area (Å²) in [5.74, 6) is -1.49. The minimum absolute atomic E-state index is 0.0248. The molecule has 0 atom stereocenters. The molecule has 1 saturated heterocycles. The van der Waals surface area contributed by atoms with Crippen molar-refractivity contribution in [1.82, 2.24) is 19.4 Å². The SMILES string of the molecule is CCOc1nn2/c(=N/C)n(CC(=O)c3cc(N4CCOCC4)c(OC)c(C(C)(C)C)c3)nc2c(C)c1C.O=C(O)C(F)(F)F. The minimum Gasteiger partial charge on any atom is -0.494 e. The Bertz CT molecular complexity index is 1580. The van der Waals surface area contributed by atoms with Gasteiger partial charge in [0.05, 0.1) is 32.6 Å². The van der Waals surface area contributed by atoms with Gasteiger partial charge in [-0.2, -0.15) is 17.7 Å². The molecule has 0 unspecified atom stereocenters. The third-order valence-electron chi connectivity index (χ3n) is 7.02. The monoisotopic (exact) mass is 624 g/mol. The van der Waals surface area contributed by atoms with E-state index in [9.17, 15) is 18.0 Å². The number of aliphatic carboxylic acids is 1. The first-order valence-electron chi connectivity index (χ1n) is 14.0. The van der Waals surface area contributed by atoms with E-state index in [0.29, 0.717) is 42.5 Å². The molecule has 1 aromatic carbocycles. The Hall–Kier alpha value is -4.14. The maximum absolute atomic E-state index is 13.8. The van der Waals surface area contributed by atoms with Crippen molar-refractivity contribution in [3.8, 4) is 11.6 Å².